The number of aryl methyl sites for hydroxylation is 2. The molecule has 20 heavy (non-hydrogen) atoms. The van der Waals surface area contributed by atoms with Crippen molar-refractivity contribution in [3.05, 3.63) is 29.3 Å². The molecule has 2 amide bonds. The molecule has 0 bridgehead atoms. The normalized spacial score (nSPS) is 11.1. The standard InChI is InChI=1S/C16H24N2O2/c1-11-6-7-13(10-12(11)2)18-14(19)8-9-17-15(20)16(3,4)5/h6-7,10H,8-9H2,1-5H3,(H,17,20)(H,18,19). The van der Waals surface area contributed by atoms with Gasteiger partial charge in [0.2, 0.25) is 11.8 Å². The van der Waals surface area contributed by atoms with Gasteiger partial charge in [-0.3, -0.25) is 9.59 Å². The highest BCUT2D eigenvalue weighted by molar-refractivity contribution is 5.91. The van der Waals surface area contributed by atoms with Gasteiger partial charge >= 0.3 is 0 Å². The van der Waals surface area contributed by atoms with Gasteiger partial charge in [-0.25, -0.2) is 0 Å². The first-order valence-corrected chi connectivity index (χ1v) is 6.85. The van der Waals surface area contributed by atoms with Gasteiger partial charge < -0.3 is 10.6 Å². The summed E-state index contributed by atoms with van der Waals surface area (Å²) in [6, 6.07) is 5.81. The van der Waals surface area contributed by atoms with E-state index in [1.54, 1.807) is 0 Å². The third-order valence-corrected chi connectivity index (χ3v) is 3.11. The molecule has 0 aromatic heterocycles. The molecule has 4 nitrogen and oxygen atoms in total. The Bertz CT molecular complexity index is 502. The summed E-state index contributed by atoms with van der Waals surface area (Å²) in [7, 11) is 0. The topological polar surface area (TPSA) is 58.2 Å². The average Bonchev–Trinajstić information content (AvgIpc) is 2.32. The van der Waals surface area contributed by atoms with E-state index in [0.29, 0.717) is 6.54 Å². The first-order chi connectivity index (χ1) is 9.20. The summed E-state index contributed by atoms with van der Waals surface area (Å²) in [6.07, 6.45) is 0.273. The predicted molar refractivity (Wildman–Crippen MR) is 81.6 cm³/mol. The molecule has 0 saturated carbocycles. The Labute approximate surface area is 121 Å². The van der Waals surface area contributed by atoms with Crippen molar-refractivity contribution in [2.45, 2.75) is 41.0 Å². The van der Waals surface area contributed by atoms with Gasteiger partial charge in [-0.05, 0) is 37.1 Å². The van der Waals surface area contributed by atoms with Crippen molar-refractivity contribution in [2.75, 3.05) is 11.9 Å². The Balaban J connectivity index is 2.41. The van der Waals surface area contributed by atoms with Crippen LogP contribution in [0.15, 0.2) is 18.2 Å². The minimum atomic E-state index is -0.426. The van der Waals surface area contributed by atoms with Crippen molar-refractivity contribution in [2.24, 2.45) is 5.41 Å². The van der Waals surface area contributed by atoms with Crippen LogP contribution in [0.3, 0.4) is 0 Å². The van der Waals surface area contributed by atoms with Gasteiger partial charge in [0, 0.05) is 24.1 Å². The Morgan fingerprint density at radius 1 is 1.10 bits per heavy atom. The summed E-state index contributed by atoms with van der Waals surface area (Å²) in [6.45, 7) is 9.93. The first-order valence-electron chi connectivity index (χ1n) is 6.85. The number of hydrogen-bond donors (Lipinski definition) is 2. The summed E-state index contributed by atoms with van der Waals surface area (Å²) in [4.78, 5) is 23.4. The quantitative estimate of drug-likeness (QED) is 0.888. The van der Waals surface area contributed by atoms with Gasteiger partial charge in [0.25, 0.3) is 0 Å². The molecule has 0 heterocycles. The molecule has 0 saturated heterocycles. The maximum absolute atomic E-state index is 11.8. The summed E-state index contributed by atoms with van der Waals surface area (Å²) in [5.41, 5.74) is 2.70. The first kappa shape index (κ1) is 16.2. The summed E-state index contributed by atoms with van der Waals surface area (Å²) >= 11 is 0. The number of rotatable bonds is 4. The molecule has 0 atom stereocenters. The van der Waals surface area contributed by atoms with Crippen LogP contribution in [0.4, 0.5) is 5.69 Å². The van der Waals surface area contributed by atoms with E-state index in [2.05, 4.69) is 10.6 Å². The Morgan fingerprint density at radius 2 is 1.75 bits per heavy atom. The van der Waals surface area contributed by atoms with Gasteiger partial charge in [0.05, 0.1) is 0 Å². The summed E-state index contributed by atoms with van der Waals surface area (Å²) in [5, 5.41) is 5.59. The molecule has 1 rings (SSSR count). The number of nitrogens with one attached hydrogen (secondary N) is 2. The molecule has 2 N–H and O–H groups in total. The van der Waals surface area contributed by atoms with Crippen molar-refractivity contribution >= 4 is 17.5 Å². The average molecular weight is 276 g/mol. The SMILES string of the molecule is Cc1ccc(NC(=O)CCNC(=O)C(C)(C)C)cc1C. The second kappa shape index (κ2) is 6.55. The fraction of sp³-hybridized carbons (Fsp3) is 0.500. The molecule has 110 valence electrons. The number of carbonyl (C=O) groups is 2. The summed E-state index contributed by atoms with van der Waals surface area (Å²) in [5.74, 6) is -0.140. The third kappa shape index (κ3) is 5.03. The minimum Gasteiger partial charge on any atom is -0.355 e. The van der Waals surface area contributed by atoms with E-state index in [1.165, 1.54) is 5.56 Å². The van der Waals surface area contributed by atoms with Gasteiger partial charge in [0.1, 0.15) is 0 Å². The number of carbonyl (C=O) groups excluding carboxylic acids is 2. The number of hydrogen-bond acceptors (Lipinski definition) is 2. The smallest absolute Gasteiger partial charge is 0.226 e. The van der Waals surface area contributed by atoms with Crippen LogP contribution in [-0.2, 0) is 9.59 Å². The van der Waals surface area contributed by atoms with Crippen LogP contribution in [0.25, 0.3) is 0 Å². The van der Waals surface area contributed by atoms with Gasteiger partial charge in [-0.1, -0.05) is 26.8 Å². The van der Waals surface area contributed by atoms with E-state index in [9.17, 15) is 9.59 Å². The molecule has 0 spiro atoms. The molecular formula is C16H24N2O2. The van der Waals surface area contributed by atoms with Crippen LogP contribution < -0.4 is 10.6 Å². The maximum Gasteiger partial charge on any atom is 0.226 e. The van der Waals surface area contributed by atoms with Crippen molar-refractivity contribution in [1.82, 2.24) is 5.32 Å². The van der Waals surface area contributed by atoms with Crippen molar-refractivity contribution < 1.29 is 9.59 Å². The molecule has 1 aromatic rings. The second-order valence-corrected chi connectivity index (χ2v) is 6.10. The lowest BCUT2D eigenvalue weighted by Crippen LogP contribution is -2.36. The van der Waals surface area contributed by atoms with Crippen LogP contribution >= 0.6 is 0 Å². The van der Waals surface area contributed by atoms with Gasteiger partial charge in [-0.2, -0.15) is 0 Å². The number of benzene rings is 1. The predicted octanol–water partition coefficient (Wildman–Crippen LogP) is 2.79. The van der Waals surface area contributed by atoms with Gasteiger partial charge in [0.15, 0.2) is 0 Å². The van der Waals surface area contributed by atoms with Crippen LogP contribution in [0.5, 0.6) is 0 Å². The molecule has 0 fully saturated rings. The molecule has 0 radical (unpaired) electrons. The Hall–Kier alpha value is -1.84. The minimum absolute atomic E-state index is 0.0449. The lowest BCUT2D eigenvalue weighted by molar-refractivity contribution is -0.128. The van der Waals surface area contributed by atoms with Crippen molar-refractivity contribution in [3.63, 3.8) is 0 Å². The molecule has 4 heteroatoms. The van der Waals surface area contributed by atoms with Crippen molar-refractivity contribution in [1.29, 1.82) is 0 Å². The highest BCUT2D eigenvalue weighted by Gasteiger charge is 2.20. The lowest BCUT2D eigenvalue weighted by Gasteiger charge is -2.17. The van der Waals surface area contributed by atoms with Crippen LogP contribution in [0.1, 0.15) is 38.3 Å². The molecule has 1 aromatic carbocycles. The highest BCUT2D eigenvalue weighted by atomic mass is 16.2. The third-order valence-electron chi connectivity index (χ3n) is 3.11. The molecular weight excluding hydrogens is 252 g/mol. The number of anilines is 1. The summed E-state index contributed by atoms with van der Waals surface area (Å²) < 4.78 is 0. The zero-order valence-corrected chi connectivity index (χ0v) is 13.0. The molecule has 0 unspecified atom stereocenters. The van der Waals surface area contributed by atoms with E-state index < -0.39 is 5.41 Å². The largest absolute Gasteiger partial charge is 0.355 e. The van der Waals surface area contributed by atoms with Crippen LogP contribution in [-0.4, -0.2) is 18.4 Å². The number of amides is 2. The fourth-order valence-electron chi connectivity index (χ4n) is 1.60. The van der Waals surface area contributed by atoms with E-state index in [0.717, 1.165) is 11.3 Å². The lowest BCUT2D eigenvalue weighted by atomic mass is 9.96. The van der Waals surface area contributed by atoms with E-state index in [-0.39, 0.29) is 18.2 Å². The molecule has 0 aliphatic rings. The maximum atomic E-state index is 11.8. The zero-order valence-electron chi connectivity index (χ0n) is 13.0. The highest BCUT2D eigenvalue weighted by Crippen LogP contribution is 2.14. The molecule has 0 aliphatic carbocycles. The fourth-order valence-corrected chi connectivity index (χ4v) is 1.60. The zero-order chi connectivity index (χ0) is 15.3. The Kier molecular flexibility index (Phi) is 5.31. The van der Waals surface area contributed by atoms with Crippen molar-refractivity contribution in [3.8, 4) is 0 Å². The van der Waals surface area contributed by atoms with Gasteiger partial charge in [-0.15, -0.1) is 0 Å². The second-order valence-electron chi connectivity index (χ2n) is 6.10. The van der Waals surface area contributed by atoms with E-state index >= 15 is 0 Å². The van der Waals surface area contributed by atoms with Crippen LogP contribution in [0, 0.1) is 19.3 Å². The van der Waals surface area contributed by atoms with E-state index in [1.807, 2.05) is 52.8 Å². The van der Waals surface area contributed by atoms with Crippen LogP contribution in [0.2, 0.25) is 0 Å². The van der Waals surface area contributed by atoms with E-state index in [4.69, 9.17) is 0 Å². The molecule has 0 aliphatic heterocycles. The Morgan fingerprint density at radius 3 is 2.30 bits per heavy atom. The monoisotopic (exact) mass is 276 g/mol.